The smallest absolute Gasteiger partial charge is 0.343 e. The molecule has 0 amide bonds. The molecule has 2 heterocycles. The standard InChI is InChI=1S/C22H21ClN4O2S/c23-18-6-8-19(9-7-18)30-22-20(27(28)29)21(24-15-25-22)26-12-10-17(11-13-26)14-16-4-2-1-3-5-16/h1-9,15,17H,10-14H2. The number of rotatable bonds is 6. The SMILES string of the molecule is O=[N+]([O-])c1c(Sc2ccc(Cl)cc2)ncnc1N1CCC(Cc2ccccc2)CC1. The first-order chi connectivity index (χ1) is 14.6. The maximum absolute atomic E-state index is 11.9. The van der Waals surface area contributed by atoms with Crippen LogP contribution in [0.4, 0.5) is 11.5 Å². The third-order valence-corrected chi connectivity index (χ3v) is 6.51. The van der Waals surface area contributed by atoms with Gasteiger partial charge in [0.15, 0.2) is 5.03 Å². The Morgan fingerprint density at radius 1 is 1.07 bits per heavy atom. The van der Waals surface area contributed by atoms with Gasteiger partial charge in [-0.25, -0.2) is 9.97 Å². The van der Waals surface area contributed by atoms with Crippen molar-refractivity contribution in [3.63, 3.8) is 0 Å². The largest absolute Gasteiger partial charge is 0.351 e. The molecule has 1 aliphatic heterocycles. The Kier molecular flexibility index (Phi) is 6.50. The minimum absolute atomic E-state index is 0.0287. The molecule has 0 unspecified atom stereocenters. The van der Waals surface area contributed by atoms with Gasteiger partial charge in [0.2, 0.25) is 5.82 Å². The Morgan fingerprint density at radius 3 is 2.43 bits per heavy atom. The third-order valence-electron chi connectivity index (χ3n) is 5.26. The zero-order valence-corrected chi connectivity index (χ0v) is 17.9. The number of halogens is 1. The van der Waals surface area contributed by atoms with Crippen LogP contribution in [-0.2, 0) is 6.42 Å². The van der Waals surface area contributed by atoms with Crippen molar-refractivity contribution < 1.29 is 4.92 Å². The molecule has 2 aromatic carbocycles. The molecule has 8 heteroatoms. The maximum Gasteiger partial charge on any atom is 0.343 e. The molecule has 30 heavy (non-hydrogen) atoms. The van der Waals surface area contributed by atoms with Crippen LogP contribution < -0.4 is 4.90 Å². The summed E-state index contributed by atoms with van der Waals surface area (Å²) < 4.78 is 0. The highest BCUT2D eigenvalue weighted by Crippen LogP contribution is 2.39. The molecule has 0 radical (unpaired) electrons. The van der Waals surface area contributed by atoms with Crippen molar-refractivity contribution in [1.29, 1.82) is 0 Å². The fourth-order valence-electron chi connectivity index (χ4n) is 3.73. The van der Waals surface area contributed by atoms with E-state index in [0.29, 0.717) is 21.8 Å². The number of nitro groups is 1. The van der Waals surface area contributed by atoms with Crippen molar-refractivity contribution in [3.8, 4) is 0 Å². The summed E-state index contributed by atoms with van der Waals surface area (Å²) in [6, 6.07) is 17.6. The number of piperidine rings is 1. The van der Waals surface area contributed by atoms with Crippen LogP contribution in [0.1, 0.15) is 18.4 Å². The predicted octanol–water partition coefficient (Wildman–Crippen LogP) is 5.65. The molecular weight excluding hydrogens is 420 g/mol. The Bertz CT molecular complexity index is 1010. The Morgan fingerprint density at radius 2 is 1.77 bits per heavy atom. The Labute approximate surface area is 184 Å². The van der Waals surface area contributed by atoms with Crippen LogP contribution in [-0.4, -0.2) is 28.0 Å². The average Bonchev–Trinajstić information content (AvgIpc) is 2.76. The molecule has 3 aromatic rings. The molecular formula is C22H21ClN4O2S. The van der Waals surface area contributed by atoms with E-state index >= 15 is 0 Å². The van der Waals surface area contributed by atoms with E-state index in [4.69, 9.17) is 11.6 Å². The monoisotopic (exact) mass is 440 g/mol. The second-order valence-corrected chi connectivity index (χ2v) is 8.78. The van der Waals surface area contributed by atoms with Gasteiger partial charge in [-0.05, 0) is 55.0 Å². The second kappa shape index (κ2) is 9.45. The Balaban J connectivity index is 1.50. The van der Waals surface area contributed by atoms with Gasteiger partial charge in [0.25, 0.3) is 0 Å². The number of hydrogen-bond acceptors (Lipinski definition) is 6. The molecule has 0 N–H and O–H groups in total. The lowest BCUT2D eigenvalue weighted by Gasteiger charge is -2.32. The molecule has 154 valence electrons. The van der Waals surface area contributed by atoms with Crippen molar-refractivity contribution >= 4 is 34.9 Å². The number of benzene rings is 2. The van der Waals surface area contributed by atoms with Gasteiger partial charge in [-0.15, -0.1) is 0 Å². The first kappa shape index (κ1) is 20.6. The molecule has 0 saturated carbocycles. The lowest BCUT2D eigenvalue weighted by molar-refractivity contribution is -0.387. The summed E-state index contributed by atoms with van der Waals surface area (Å²) in [5.74, 6) is 0.983. The zero-order chi connectivity index (χ0) is 20.9. The second-order valence-electron chi connectivity index (χ2n) is 7.28. The van der Waals surface area contributed by atoms with Gasteiger partial charge in [-0.2, -0.15) is 0 Å². The van der Waals surface area contributed by atoms with Gasteiger partial charge in [0.05, 0.1) is 4.92 Å². The first-order valence-corrected chi connectivity index (χ1v) is 11.0. The van der Waals surface area contributed by atoms with E-state index in [0.717, 1.165) is 37.2 Å². The van der Waals surface area contributed by atoms with E-state index in [-0.39, 0.29) is 10.6 Å². The van der Waals surface area contributed by atoms with Crippen LogP contribution in [0.25, 0.3) is 0 Å². The zero-order valence-electron chi connectivity index (χ0n) is 16.3. The lowest BCUT2D eigenvalue weighted by atomic mass is 9.90. The summed E-state index contributed by atoms with van der Waals surface area (Å²) in [5, 5.41) is 12.9. The van der Waals surface area contributed by atoms with E-state index in [1.165, 1.54) is 23.7 Å². The molecule has 1 aliphatic rings. The maximum atomic E-state index is 11.9. The van der Waals surface area contributed by atoms with Crippen LogP contribution in [0.15, 0.2) is 70.8 Å². The molecule has 0 atom stereocenters. The predicted molar refractivity (Wildman–Crippen MR) is 119 cm³/mol. The van der Waals surface area contributed by atoms with Crippen molar-refractivity contribution in [1.82, 2.24) is 9.97 Å². The number of aromatic nitrogens is 2. The fraction of sp³-hybridized carbons (Fsp3) is 0.273. The van der Waals surface area contributed by atoms with Crippen LogP contribution in [0, 0.1) is 16.0 Å². The van der Waals surface area contributed by atoms with Gasteiger partial charge in [0, 0.05) is 23.0 Å². The molecule has 4 rings (SSSR count). The summed E-state index contributed by atoms with van der Waals surface area (Å²) >= 11 is 7.19. The van der Waals surface area contributed by atoms with Crippen LogP contribution in [0.2, 0.25) is 5.02 Å². The Hall–Kier alpha value is -2.64. The highest BCUT2D eigenvalue weighted by atomic mass is 35.5. The lowest BCUT2D eigenvalue weighted by Crippen LogP contribution is -2.35. The van der Waals surface area contributed by atoms with Crippen molar-refractivity contribution in [2.45, 2.75) is 29.2 Å². The summed E-state index contributed by atoms with van der Waals surface area (Å²) in [5.41, 5.74) is 1.31. The summed E-state index contributed by atoms with van der Waals surface area (Å²) in [7, 11) is 0. The van der Waals surface area contributed by atoms with Crippen LogP contribution in [0.5, 0.6) is 0 Å². The van der Waals surface area contributed by atoms with E-state index in [2.05, 4.69) is 34.2 Å². The van der Waals surface area contributed by atoms with E-state index in [9.17, 15) is 10.1 Å². The van der Waals surface area contributed by atoms with Crippen LogP contribution >= 0.6 is 23.4 Å². The minimum atomic E-state index is -0.371. The van der Waals surface area contributed by atoms with Crippen molar-refractivity contribution in [3.05, 3.63) is 81.6 Å². The number of nitrogens with zero attached hydrogens (tertiary/aromatic N) is 4. The first-order valence-electron chi connectivity index (χ1n) is 9.82. The van der Waals surface area contributed by atoms with Crippen LogP contribution in [0.3, 0.4) is 0 Å². The van der Waals surface area contributed by atoms with E-state index < -0.39 is 0 Å². The van der Waals surface area contributed by atoms with E-state index in [1.807, 2.05) is 23.1 Å². The number of hydrogen-bond donors (Lipinski definition) is 0. The topological polar surface area (TPSA) is 72.2 Å². The molecule has 1 saturated heterocycles. The van der Waals surface area contributed by atoms with Crippen molar-refractivity contribution in [2.24, 2.45) is 5.92 Å². The molecule has 6 nitrogen and oxygen atoms in total. The fourth-order valence-corrected chi connectivity index (χ4v) is 4.71. The molecule has 0 bridgehead atoms. The van der Waals surface area contributed by atoms with Gasteiger partial charge in [0.1, 0.15) is 6.33 Å². The molecule has 1 aromatic heterocycles. The molecule has 1 fully saturated rings. The number of anilines is 1. The summed E-state index contributed by atoms with van der Waals surface area (Å²) in [4.78, 5) is 22.9. The summed E-state index contributed by atoms with van der Waals surface area (Å²) in [6.07, 6.45) is 4.42. The molecule has 0 spiro atoms. The van der Waals surface area contributed by atoms with Gasteiger partial charge in [-0.3, -0.25) is 10.1 Å². The highest BCUT2D eigenvalue weighted by molar-refractivity contribution is 7.99. The van der Waals surface area contributed by atoms with Crippen molar-refractivity contribution in [2.75, 3.05) is 18.0 Å². The average molecular weight is 441 g/mol. The van der Waals surface area contributed by atoms with Gasteiger partial charge < -0.3 is 4.90 Å². The molecule has 0 aliphatic carbocycles. The minimum Gasteiger partial charge on any atom is -0.351 e. The van der Waals surface area contributed by atoms with Gasteiger partial charge >= 0.3 is 5.69 Å². The van der Waals surface area contributed by atoms with Gasteiger partial charge in [-0.1, -0.05) is 53.7 Å². The van der Waals surface area contributed by atoms with E-state index in [1.54, 1.807) is 12.1 Å². The third kappa shape index (κ3) is 4.91. The normalized spacial score (nSPS) is 14.6. The summed E-state index contributed by atoms with van der Waals surface area (Å²) in [6.45, 7) is 1.50. The highest BCUT2D eigenvalue weighted by Gasteiger charge is 2.30. The quantitative estimate of drug-likeness (QED) is 0.280.